The summed E-state index contributed by atoms with van der Waals surface area (Å²) in [6.07, 6.45) is 3.90. The normalized spacial score (nSPS) is 14.3. The van der Waals surface area contributed by atoms with Crippen LogP contribution < -0.4 is 14.4 Å². The van der Waals surface area contributed by atoms with E-state index in [1.165, 1.54) is 24.1 Å². The summed E-state index contributed by atoms with van der Waals surface area (Å²) in [6, 6.07) is 17.9. The van der Waals surface area contributed by atoms with Crippen molar-refractivity contribution in [1.29, 1.82) is 0 Å². The lowest BCUT2D eigenvalue weighted by Crippen LogP contribution is -2.52. The molecule has 3 aromatic rings. The van der Waals surface area contributed by atoms with Crippen LogP contribution in [0.1, 0.15) is 49.3 Å². The first kappa shape index (κ1) is 31.4. The highest BCUT2D eigenvalue weighted by Crippen LogP contribution is 2.34. The summed E-state index contributed by atoms with van der Waals surface area (Å²) in [4.78, 5) is 29.0. The molecule has 1 saturated carbocycles. The second kappa shape index (κ2) is 13.6. The summed E-state index contributed by atoms with van der Waals surface area (Å²) in [7, 11) is -2.76. The maximum absolute atomic E-state index is 14.2. The molecular weight excluding hydrogens is 574 g/mol. The van der Waals surface area contributed by atoms with Crippen molar-refractivity contribution in [2.75, 3.05) is 18.0 Å². The molecule has 0 aliphatic heterocycles. The van der Waals surface area contributed by atoms with Crippen LogP contribution in [0.25, 0.3) is 0 Å². The molecule has 42 heavy (non-hydrogen) atoms. The lowest BCUT2D eigenvalue weighted by Gasteiger charge is -2.33. The maximum atomic E-state index is 14.2. The Bertz CT molecular complexity index is 1520. The molecule has 1 aliphatic rings. The lowest BCUT2D eigenvalue weighted by atomic mass is 10.1. The second-order valence-electron chi connectivity index (χ2n) is 10.8. The zero-order valence-electron chi connectivity index (χ0n) is 24.5. The van der Waals surface area contributed by atoms with Crippen molar-refractivity contribution in [3.63, 3.8) is 0 Å². The van der Waals surface area contributed by atoms with Crippen LogP contribution in [0, 0.1) is 13.8 Å². The number of hydrogen-bond acceptors (Lipinski definition) is 5. The molecule has 0 aromatic heterocycles. The summed E-state index contributed by atoms with van der Waals surface area (Å²) in [5, 5.41) is 3.57. The molecule has 0 heterocycles. The van der Waals surface area contributed by atoms with Crippen molar-refractivity contribution in [3.8, 4) is 5.75 Å². The van der Waals surface area contributed by atoms with Gasteiger partial charge in [0.25, 0.3) is 10.0 Å². The van der Waals surface area contributed by atoms with Gasteiger partial charge in [0.05, 0.1) is 17.7 Å². The van der Waals surface area contributed by atoms with Crippen LogP contribution in [0.5, 0.6) is 5.75 Å². The van der Waals surface area contributed by atoms with Crippen molar-refractivity contribution in [2.45, 2.75) is 70.0 Å². The van der Waals surface area contributed by atoms with Crippen molar-refractivity contribution in [2.24, 2.45) is 0 Å². The molecule has 0 saturated heterocycles. The van der Waals surface area contributed by atoms with E-state index in [2.05, 4.69) is 5.32 Å². The van der Waals surface area contributed by atoms with E-state index >= 15 is 0 Å². The van der Waals surface area contributed by atoms with Gasteiger partial charge >= 0.3 is 0 Å². The van der Waals surface area contributed by atoms with Crippen LogP contribution in [-0.4, -0.2) is 50.9 Å². The number of hydrogen-bond donors (Lipinski definition) is 1. The van der Waals surface area contributed by atoms with E-state index in [4.69, 9.17) is 16.3 Å². The van der Waals surface area contributed by atoms with Crippen LogP contribution in [-0.2, 0) is 26.2 Å². The zero-order chi connectivity index (χ0) is 30.4. The second-order valence-corrected chi connectivity index (χ2v) is 13.1. The van der Waals surface area contributed by atoms with Gasteiger partial charge in [-0.2, -0.15) is 0 Å². The van der Waals surface area contributed by atoms with E-state index in [-0.39, 0.29) is 29.1 Å². The van der Waals surface area contributed by atoms with Gasteiger partial charge in [-0.05, 0) is 81.1 Å². The van der Waals surface area contributed by atoms with E-state index < -0.39 is 28.5 Å². The molecule has 0 unspecified atom stereocenters. The number of benzene rings is 3. The molecule has 224 valence electrons. The average Bonchev–Trinajstić information content (AvgIpc) is 3.47. The first-order valence-electron chi connectivity index (χ1n) is 14.1. The van der Waals surface area contributed by atoms with Gasteiger partial charge in [0.15, 0.2) is 0 Å². The Morgan fingerprint density at radius 2 is 1.67 bits per heavy atom. The first-order valence-corrected chi connectivity index (χ1v) is 15.9. The summed E-state index contributed by atoms with van der Waals surface area (Å²) < 4.78 is 34.8. The number of nitrogens with one attached hydrogen (secondary N) is 1. The topological polar surface area (TPSA) is 96.0 Å². The number of sulfonamides is 1. The molecule has 1 aliphatic carbocycles. The van der Waals surface area contributed by atoms with Gasteiger partial charge in [0, 0.05) is 17.6 Å². The molecule has 1 N–H and O–H groups in total. The Kier molecular flexibility index (Phi) is 10.2. The number of halogens is 1. The number of anilines is 1. The minimum atomic E-state index is -4.21. The molecule has 0 bridgehead atoms. The standard InChI is InChI=1S/C32H38ClN3O5S/c1-22-12-15-28(16-13-22)42(39,40)36(29-18-23(2)14-17-30(29)41-4)21-31(37)35(20-25-8-7-9-26(33)19-25)24(3)32(38)34-27-10-5-6-11-27/h7-9,12-19,24,27H,5-6,10-11,20-21H2,1-4H3,(H,34,38)/t24-/m1/s1. The van der Waals surface area contributed by atoms with Crippen LogP contribution >= 0.6 is 11.6 Å². The third kappa shape index (κ3) is 7.44. The summed E-state index contributed by atoms with van der Waals surface area (Å²) >= 11 is 6.23. The molecular formula is C32H38ClN3O5S. The summed E-state index contributed by atoms with van der Waals surface area (Å²) in [5.74, 6) is -0.515. The third-order valence-electron chi connectivity index (χ3n) is 7.60. The van der Waals surface area contributed by atoms with Crippen molar-refractivity contribution < 1.29 is 22.7 Å². The Morgan fingerprint density at radius 3 is 2.31 bits per heavy atom. The molecule has 0 radical (unpaired) electrons. The third-order valence-corrected chi connectivity index (χ3v) is 9.61. The highest BCUT2D eigenvalue weighted by Gasteiger charge is 2.34. The fourth-order valence-electron chi connectivity index (χ4n) is 5.15. The highest BCUT2D eigenvalue weighted by molar-refractivity contribution is 7.92. The minimum absolute atomic E-state index is 0.0397. The number of nitrogens with zero attached hydrogens (tertiary/aromatic N) is 2. The monoisotopic (exact) mass is 611 g/mol. The summed E-state index contributed by atoms with van der Waals surface area (Å²) in [6.45, 7) is 4.90. The number of rotatable bonds is 11. The van der Waals surface area contributed by atoms with E-state index in [1.54, 1.807) is 49.4 Å². The fraction of sp³-hybridized carbons (Fsp3) is 0.375. The smallest absolute Gasteiger partial charge is 0.264 e. The largest absolute Gasteiger partial charge is 0.495 e. The Labute approximate surface area is 253 Å². The van der Waals surface area contributed by atoms with E-state index in [9.17, 15) is 18.0 Å². The van der Waals surface area contributed by atoms with Crippen LogP contribution in [0.15, 0.2) is 71.6 Å². The molecule has 8 nitrogen and oxygen atoms in total. The molecule has 1 fully saturated rings. The SMILES string of the molecule is COc1ccc(C)cc1N(CC(=O)N(Cc1cccc(Cl)c1)[C@H](C)C(=O)NC1CCCC1)S(=O)(=O)c1ccc(C)cc1. The van der Waals surface area contributed by atoms with Gasteiger partial charge in [0.1, 0.15) is 18.3 Å². The number of carbonyl (C=O) groups is 2. The molecule has 0 spiro atoms. The van der Waals surface area contributed by atoms with Gasteiger partial charge in [-0.3, -0.25) is 13.9 Å². The van der Waals surface area contributed by atoms with E-state index in [0.717, 1.165) is 46.7 Å². The average molecular weight is 612 g/mol. The van der Waals surface area contributed by atoms with Gasteiger partial charge in [-0.15, -0.1) is 0 Å². The van der Waals surface area contributed by atoms with Gasteiger partial charge < -0.3 is 15.0 Å². The predicted molar refractivity (Wildman–Crippen MR) is 165 cm³/mol. The van der Waals surface area contributed by atoms with E-state index in [1.807, 2.05) is 26.0 Å². The van der Waals surface area contributed by atoms with E-state index in [0.29, 0.717) is 10.8 Å². The van der Waals surface area contributed by atoms with Crippen molar-refractivity contribution in [3.05, 3.63) is 88.4 Å². The first-order chi connectivity index (χ1) is 20.0. The maximum Gasteiger partial charge on any atom is 0.264 e. The number of carbonyl (C=O) groups excluding carboxylic acids is 2. The van der Waals surface area contributed by atoms with Gasteiger partial charge in [0.2, 0.25) is 11.8 Å². The zero-order valence-corrected chi connectivity index (χ0v) is 26.0. The van der Waals surface area contributed by atoms with Crippen LogP contribution in [0.4, 0.5) is 5.69 Å². The molecule has 3 aromatic carbocycles. The Hall–Kier alpha value is -3.56. The van der Waals surface area contributed by atoms with Crippen molar-refractivity contribution >= 4 is 39.1 Å². The summed E-state index contributed by atoms with van der Waals surface area (Å²) in [5.41, 5.74) is 2.65. The molecule has 10 heteroatoms. The number of amides is 2. The fourth-order valence-corrected chi connectivity index (χ4v) is 6.78. The predicted octanol–water partition coefficient (Wildman–Crippen LogP) is 5.64. The van der Waals surface area contributed by atoms with Gasteiger partial charge in [-0.25, -0.2) is 8.42 Å². The molecule has 1 atom stereocenters. The number of aryl methyl sites for hydroxylation is 2. The van der Waals surface area contributed by atoms with Gasteiger partial charge in [-0.1, -0.05) is 60.3 Å². The molecule has 2 amide bonds. The molecule has 4 rings (SSSR count). The minimum Gasteiger partial charge on any atom is -0.495 e. The van der Waals surface area contributed by atoms with Crippen molar-refractivity contribution in [1.82, 2.24) is 10.2 Å². The van der Waals surface area contributed by atoms with Crippen LogP contribution in [0.3, 0.4) is 0 Å². The Morgan fingerprint density at radius 1 is 1.00 bits per heavy atom. The van der Waals surface area contributed by atoms with Crippen LogP contribution in [0.2, 0.25) is 5.02 Å². The highest BCUT2D eigenvalue weighted by atomic mass is 35.5. The lowest BCUT2D eigenvalue weighted by molar-refractivity contribution is -0.139. The number of ether oxygens (including phenoxy) is 1. The Balaban J connectivity index is 1.74. The quantitative estimate of drug-likeness (QED) is 0.303. The number of methoxy groups -OCH3 is 1.